The smallest absolute Gasteiger partial charge is 0.320 e. The first-order chi connectivity index (χ1) is 8.86. The summed E-state index contributed by atoms with van der Waals surface area (Å²) >= 11 is 0. The van der Waals surface area contributed by atoms with E-state index in [9.17, 15) is 9.90 Å². The Morgan fingerprint density at radius 1 is 1.42 bits per heavy atom. The van der Waals surface area contributed by atoms with Crippen molar-refractivity contribution in [1.29, 1.82) is 0 Å². The van der Waals surface area contributed by atoms with Crippen LogP contribution in [0.2, 0.25) is 0 Å². The molecule has 2 N–H and O–H groups in total. The molecular weight excluding hydrogens is 238 g/mol. The number of carboxylic acid groups (broad SMARTS) is 1. The fraction of sp³-hybridized carbons (Fsp3) is 0.562. The van der Waals surface area contributed by atoms with Crippen LogP contribution in [-0.2, 0) is 4.79 Å². The molecule has 108 valence electrons. The van der Waals surface area contributed by atoms with Crippen LogP contribution < -0.4 is 5.32 Å². The van der Waals surface area contributed by atoms with Gasteiger partial charge in [0, 0.05) is 6.54 Å². The Morgan fingerprint density at radius 3 is 2.47 bits per heavy atom. The number of allylic oxidation sites excluding steroid dienone is 2. The second-order valence-corrected chi connectivity index (χ2v) is 5.57. The van der Waals surface area contributed by atoms with Crippen molar-refractivity contribution in [2.75, 3.05) is 6.54 Å². The van der Waals surface area contributed by atoms with Crippen LogP contribution in [0.25, 0.3) is 0 Å². The molecule has 0 saturated carbocycles. The van der Waals surface area contributed by atoms with Gasteiger partial charge < -0.3 is 10.4 Å². The zero-order chi connectivity index (χ0) is 14.9. The zero-order valence-electron chi connectivity index (χ0n) is 12.4. The van der Waals surface area contributed by atoms with E-state index in [1.165, 1.54) is 0 Å². The van der Waals surface area contributed by atoms with E-state index in [4.69, 9.17) is 0 Å². The monoisotopic (exact) mass is 265 g/mol. The molecule has 19 heavy (non-hydrogen) atoms. The van der Waals surface area contributed by atoms with Gasteiger partial charge in [-0.3, -0.25) is 4.79 Å². The van der Waals surface area contributed by atoms with Gasteiger partial charge in [-0.2, -0.15) is 0 Å². The molecule has 0 aromatic carbocycles. The minimum atomic E-state index is -0.800. The van der Waals surface area contributed by atoms with Crippen LogP contribution in [0.1, 0.15) is 40.0 Å². The van der Waals surface area contributed by atoms with Crippen molar-refractivity contribution in [2.24, 2.45) is 5.41 Å². The van der Waals surface area contributed by atoms with Crippen molar-refractivity contribution in [2.45, 2.75) is 46.1 Å². The summed E-state index contributed by atoms with van der Waals surface area (Å²) in [6.07, 6.45) is 7.92. The number of hydrogen-bond acceptors (Lipinski definition) is 2. The molecule has 3 heteroatoms. The van der Waals surface area contributed by atoms with E-state index in [-0.39, 0.29) is 5.41 Å². The van der Waals surface area contributed by atoms with E-state index in [1.807, 2.05) is 6.08 Å². The highest BCUT2D eigenvalue weighted by Crippen LogP contribution is 2.28. The number of rotatable bonds is 10. The number of carbonyl (C=O) groups is 1. The predicted molar refractivity (Wildman–Crippen MR) is 81.2 cm³/mol. The lowest BCUT2D eigenvalue weighted by Gasteiger charge is -2.28. The van der Waals surface area contributed by atoms with Crippen LogP contribution in [0, 0.1) is 5.41 Å². The minimum Gasteiger partial charge on any atom is -0.480 e. The third-order valence-electron chi connectivity index (χ3n) is 3.13. The molecule has 0 fully saturated rings. The molecule has 0 bridgehead atoms. The van der Waals surface area contributed by atoms with Gasteiger partial charge in [0.05, 0.1) is 0 Å². The van der Waals surface area contributed by atoms with E-state index in [1.54, 1.807) is 12.2 Å². The Morgan fingerprint density at radius 2 is 2.05 bits per heavy atom. The molecule has 0 heterocycles. The van der Waals surface area contributed by atoms with Crippen molar-refractivity contribution >= 4 is 5.97 Å². The molecule has 1 atom stereocenters. The highest BCUT2D eigenvalue weighted by Gasteiger charge is 2.26. The first kappa shape index (κ1) is 17.6. The molecular formula is C16H27NO2. The van der Waals surface area contributed by atoms with Crippen LogP contribution in [0.15, 0.2) is 37.0 Å². The summed E-state index contributed by atoms with van der Waals surface area (Å²) in [7, 11) is 0. The number of aliphatic carboxylic acids is 1. The van der Waals surface area contributed by atoms with Crippen molar-refractivity contribution in [1.82, 2.24) is 5.32 Å². The SMILES string of the molecule is C=C/C=C(\C=C)CNC(CC(C)(C)CCC)C(=O)O. The normalized spacial score (nSPS) is 13.9. The lowest BCUT2D eigenvalue weighted by Crippen LogP contribution is -2.41. The van der Waals surface area contributed by atoms with Gasteiger partial charge in [0.15, 0.2) is 0 Å². The first-order valence-electron chi connectivity index (χ1n) is 6.76. The van der Waals surface area contributed by atoms with E-state index in [2.05, 4.69) is 39.2 Å². The van der Waals surface area contributed by atoms with Gasteiger partial charge in [0.25, 0.3) is 0 Å². The zero-order valence-corrected chi connectivity index (χ0v) is 12.4. The van der Waals surface area contributed by atoms with Crippen molar-refractivity contribution in [3.8, 4) is 0 Å². The average Bonchev–Trinajstić information content (AvgIpc) is 2.32. The minimum absolute atomic E-state index is 0.0291. The van der Waals surface area contributed by atoms with E-state index in [0.717, 1.165) is 18.4 Å². The molecule has 0 aromatic heterocycles. The standard InChI is InChI=1S/C16H27NO2/c1-6-9-13(8-3)12-17-14(15(18)19)11-16(4,5)10-7-2/h6,8-9,14,17H,1,3,7,10-12H2,2,4-5H3,(H,18,19)/b13-9+. The maximum Gasteiger partial charge on any atom is 0.320 e. The van der Waals surface area contributed by atoms with Crippen molar-refractivity contribution in [3.05, 3.63) is 37.0 Å². The quantitative estimate of drug-likeness (QED) is 0.594. The van der Waals surface area contributed by atoms with E-state index >= 15 is 0 Å². The van der Waals surface area contributed by atoms with Crippen molar-refractivity contribution in [3.63, 3.8) is 0 Å². The van der Waals surface area contributed by atoms with Gasteiger partial charge in [-0.25, -0.2) is 0 Å². The summed E-state index contributed by atoms with van der Waals surface area (Å²) in [6, 6.07) is -0.533. The van der Waals surface area contributed by atoms with Gasteiger partial charge in [-0.1, -0.05) is 58.6 Å². The molecule has 0 amide bonds. The van der Waals surface area contributed by atoms with Gasteiger partial charge >= 0.3 is 5.97 Å². The average molecular weight is 265 g/mol. The molecule has 0 aromatic rings. The number of hydrogen-bond donors (Lipinski definition) is 2. The highest BCUT2D eigenvalue weighted by molar-refractivity contribution is 5.73. The third-order valence-corrected chi connectivity index (χ3v) is 3.13. The molecule has 0 saturated heterocycles. The molecule has 0 radical (unpaired) electrons. The van der Waals surface area contributed by atoms with Crippen LogP contribution in [-0.4, -0.2) is 23.7 Å². The Balaban J connectivity index is 4.59. The van der Waals surface area contributed by atoms with Crippen LogP contribution in [0.5, 0.6) is 0 Å². The second-order valence-electron chi connectivity index (χ2n) is 5.57. The van der Waals surface area contributed by atoms with Gasteiger partial charge in [-0.15, -0.1) is 0 Å². The topological polar surface area (TPSA) is 49.3 Å². The summed E-state index contributed by atoms with van der Waals surface area (Å²) in [5.41, 5.74) is 0.968. The molecule has 3 nitrogen and oxygen atoms in total. The summed E-state index contributed by atoms with van der Waals surface area (Å²) < 4.78 is 0. The van der Waals surface area contributed by atoms with E-state index in [0.29, 0.717) is 13.0 Å². The number of carboxylic acids is 1. The molecule has 0 aliphatic rings. The lowest BCUT2D eigenvalue weighted by molar-refractivity contribution is -0.140. The van der Waals surface area contributed by atoms with Gasteiger partial charge in [0.1, 0.15) is 6.04 Å². The van der Waals surface area contributed by atoms with Crippen LogP contribution in [0.4, 0.5) is 0 Å². The van der Waals surface area contributed by atoms with Crippen molar-refractivity contribution < 1.29 is 9.90 Å². The maximum absolute atomic E-state index is 11.3. The third kappa shape index (κ3) is 7.62. The highest BCUT2D eigenvalue weighted by atomic mass is 16.4. The summed E-state index contributed by atoms with van der Waals surface area (Å²) in [6.45, 7) is 14.2. The Hall–Kier alpha value is -1.35. The van der Waals surface area contributed by atoms with E-state index < -0.39 is 12.0 Å². The van der Waals surface area contributed by atoms with Crippen LogP contribution in [0.3, 0.4) is 0 Å². The largest absolute Gasteiger partial charge is 0.480 e. The Kier molecular flexibility index (Phi) is 8.08. The Bertz CT molecular complexity index is 343. The van der Waals surface area contributed by atoms with Gasteiger partial charge in [0.2, 0.25) is 0 Å². The predicted octanol–water partition coefficient (Wildman–Crippen LogP) is 3.54. The fourth-order valence-electron chi connectivity index (χ4n) is 2.17. The lowest BCUT2D eigenvalue weighted by atomic mass is 9.81. The van der Waals surface area contributed by atoms with Crippen LogP contribution >= 0.6 is 0 Å². The number of nitrogens with one attached hydrogen (secondary N) is 1. The maximum atomic E-state index is 11.3. The molecule has 0 aliphatic heterocycles. The molecule has 0 rings (SSSR count). The summed E-state index contributed by atoms with van der Waals surface area (Å²) in [4.78, 5) is 11.3. The fourth-order valence-corrected chi connectivity index (χ4v) is 2.17. The van der Waals surface area contributed by atoms with Gasteiger partial charge in [-0.05, 0) is 23.8 Å². The summed E-state index contributed by atoms with van der Waals surface area (Å²) in [5.74, 6) is -0.800. The summed E-state index contributed by atoms with van der Waals surface area (Å²) in [5, 5.41) is 12.4. The molecule has 1 unspecified atom stereocenters. The Labute approximate surface area is 117 Å². The first-order valence-corrected chi connectivity index (χ1v) is 6.76. The molecule has 0 spiro atoms. The molecule has 0 aliphatic carbocycles. The second kappa shape index (κ2) is 8.70.